The van der Waals surface area contributed by atoms with Crippen molar-refractivity contribution in [2.45, 2.75) is 0 Å². The molecule has 0 saturated carbocycles. The molecule has 1 heterocycles. The molecule has 0 radical (unpaired) electrons. The molecule has 2 N–H and O–H groups in total. The van der Waals surface area contributed by atoms with Gasteiger partial charge in [0.25, 0.3) is 5.91 Å². The van der Waals surface area contributed by atoms with Gasteiger partial charge >= 0.3 is 0 Å². The zero-order valence-electron chi connectivity index (χ0n) is 12.0. The zero-order valence-corrected chi connectivity index (χ0v) is 12.0. The molecule has 1 aromatic heterocycles. The van der Waals surface area contributed by atoms with Gasteiger partial charge in [0, 0.05) is 11.8 Å². The van der Waals surface area contributed by atoms with Gasteiger partial charge in [0.15, 0.2) is 11.5 Å². The number of nitrogens with one attached hydrogen (secondary N) is 1. The predicted octanol–water partition coefficient (Wildman–Crippen LogP) is 3.26. The van der Waals surface area contributed by atoms with Gasteiger partial charge < -0.3 is 14.8 Å². The van der Waals surface area contributed by atoms with Crippen molar-refractivity contribution < 1.29 is 14.3 Å². The highest BCUT2D eigenvalue weighted by Gasteiger charge is 2.11. The first-order valence-electron chi connectivity index (χ1n) is 6.92. The minimum absolute atomic E-state index is 0.167. The lowest BCUT2D eigenvalue weighted by molar-refractivity contribution is 0.0994. The van der Waals surface area contributed by atoms with Crippen molar-refractivity contribution in [3.63, 3.8) is 0 Å². The maximum atomic E-state index is 12.0. The van der Waals surface area contributed by atoms with Gasteiger partial charge in [0.05, 0.1) is 0 Å². The van der Waals surface area contributed by atoms with Gasteiger partial charge in [0.1, 0.15) is 6.26 Å². The molecule has 23 heavy (non-hydrogen) atoms. The van der Waals surface area contributed by atoms with Crippen LogP contribution in [0.15, 0.2) is 76.1 Å². The van der Waals surface area contributed by atoms with Crippen molar-refractivity contribution in [1.82, 2.24) is 0 Å². The summed E-state index contributed by atoms with van der Waals surface area (Å²) in [7, 11) is 0. The Kier molecular flexibility index (Phi) is 3.93. The van der Waals surface area contributed by atoms with E-state index in [1.165, 1.54) is 0 Å². The Morgan fingerprint density at radius 1 is 0.957 bits per heavy atom. The topological polar surface area (TPSA) is 79.5 Å². The highest BCUT2D eigenvalue weighted by atomic mass is 16.4. The first-order chi connectivity index (χ1) is 11.1. The molecule has 3 rings (SSSR count). The average Bonchev–Trinajstić information content (AvgIpc) is 2.59. The predicted molar refractivity (Wildman–Crippen MR) is 86.5 cm³/mol. The Balaban J connectivity index is 1.76. The smallest absolute Gasteiger partial charge is 0.291 e. The van der Waals surface area contributed by atoms with E-state index in [0.717, 1.165) is 23.5 Å². The van der Waals surface area contributed by atoms with Crippen LogP contribution in [0.4, 0.5) is 5.69 Å². The first-order valence-corrected chi connectivity index (χ1v) is 6.92. The molecule has 0 spiro atoms. The van der Waals surface area contributed by atoms with E-state index in [2.05, 4.69) is 5.32 Å². The molecule has 1 amide bonds. The van der Waals surface area contributed by atoms with Crippen LogP contribution in [0, 0.1) is 0 Å². The van der Waals surface area contributed by atoms with Crippen molar-refractivity contribution >= 4 is 11.6 Å². The normalized spacial score (nSPS) is 10.3. The molecule has 0 aliphatic heterocycles. The van der Waals surface area contributed by atoms with Crippen LogP contribution in [-0.4, -0.2) is 11.0 Å². The minimum atomic E-state index is -0.666. The van der Waals surface area contributed by atoms with E-state index in [9.17, 15) is 9.59 Å². The van der Waals surface area contributed by atoms with Crippen LogP contribution < -0.4 is 10.7 Å². The summed E-state index contributed by atoms with van der Waals surface area (Å²) in [5, 5.41) is 11.7. The van der Waals surface area contributed by atoms with Crippen molar-refractivity contribution in [3.8, 4) is 16.9 Å². The highest BCUT2D eigenvalue weighted by molar-refractivity contribution is 6.02. The number of anilines is 1. The molecule has 3 aromatic rings. The zero-order chi connectivity index (χ0) is 16.2. The van der Waals surface area contributed by atoms with Crippen LogP contribution in [0.25, 0.3) is 11.1 Å². The quantitative estimate of drug-likeness (QED) is 0.778. The van der Waals surface area contributed by atoms with Gasteiger partial charge in [-0.15, -0.1) is 0 Å². The second-order valence-electron chi connectivity index (χ2n) is 4.89. The van der Waals surface area contributed by atoms with Crippen molar-refractivity contribution in [1.29, 1.82) is 0 Å². The summed E-state index contributed by atoms with van der Waals surface area (Å²) in [5.74, 6) is -1.26. The second-order valence-corrected chi connectivity index (χ2v) is 4.89. The van der Waals surface area contributed by atoms with E-state index >= 15 is 0 Å². The van der Waals surface area contributed by atoms with Crippen LogP contribution in [0.5, 0.6) is 5.75 Å². The van der Waals surface area contributed by atoms with Gasteiger partial charge in [-0.05, 0) is 23.3 Å². The van der Waals surface area contributed by atoms with Crippen molar-refractivity contribution in [3.05, 3.63) is 82.9 Å². The Morgan fingerprint density at radius 3 is 2.26 bits per heavy atom. The molecule has 5 heteroatoms. The minimum Gasteiger partial charge on any atom is -0.502 e. The average molecular weight is 307 g/mol. The monoisotopic (exact) mass is 307 g/mol. The fourth-order valence-electron chi connectivity index (χ4n) is 2.09. The third-order valence-corrected chi connectivity index (χ3v) is 3.29. The molecule has 0 aliphatic rings. The third kappa shape index (κ3) is 3.29. The summed E-state index contributed by atoms with van der Waals surface area (Å²) in [5.41, 5.74) is 2.01. The maximum Gasteiger partial charge on any atom is 0.291 e. The van der Waals surface area contributed by atoms with E-state index in [-0.39, 0.29) is 5.76 Å². The summed E-state index contributed by atoms with van der Waals surface area (Å²) in [6.07, 6.45) is 0.843. The molecule has 2 aromatic carbocycles. The van der Waals surface area contributed by atoms with Gasteiger partial charge in [0.2, 0.25) is 5.43 Å². The molecule has 0 bridgehead atoms. The van der Waals surface area contributed by atoms with Gasteiger partial charge in [-0.3, -0.25) is 9.59 Å². The molecular weight excluding hydrogens is 294 g/mol. The molecule has 0 fully saturated rings. The number of hydrogen-bond donors (Lipinski definition) is 2. The standard InChI is InChI=1S/C18H13NO4/c20-15-10-17(23-11-16(15)21)18(22)19-14-8-6-13(7-9-14)12-4-2-1-3-5-12/h1-11,21H,(H,19,22). The van der Waals surface area contributed by atoms with E-state index in [1.54, 1.807) is 12.1 Å². The van der Waals surface area contributed by atoms with Crippen LogP contribution >= 0.6 is 0 Å². The Hall–Kier alpha value is -3.34. The Morgan fingerprint density at radius 2 is 1.61 bits per heavy atom. The summed E-state index contributed by atoms with van der Waals surface area (Å²) in [6.45, 7) is 0. The third-order valence-electron chi connectivity index (χ3n) is 3.29. The number of carbonyl (C=O) groups excluding carboxylic acids is 1. The molecular formula is C18H13NO4. The second kappa shape index (κ2) is 6.19. The molecule has 114 valence electrons. The van der Waals surface area contributed by atoms with E-state index < -0.39 is 17.1 Å². The van der Waals surface area contributed by atoms with Gasteiger partial charge in [-0.25, -0.2) is 0 Å². The Bertz CT molecular complexity index is 883. The fourth-order valence-corrected chi connectivity index (χ4v) is 2.09. The van der Waals surface area contributed by atoms with E-state index in [1.807, 2.05) is 42.5 Å². The van der Waals surface area contributed by atoms with Crippen LogP contribution in [0.1, 0.15) is 10.6 Å². The van der Waals surface area contributed by atoms with Crippen LogP contribution in [0.2, 0.25) is 0 Å². The largest absolute Gasteiger partial charge is 0.502 e. The van der Waals surface area contributed by atoms with Crippen molar-refractivity contribution in [2.75, 3.05) is 5.32 Å². The summed E-state index contributed by atoms with van der Waals surface area (Å²) in [6, 6.07) is 18.1. The molecule has 5 nitrogen and oxygen atoms in total. The molecule has 0 atom stereocenters. The van der Waals surface area contributed by atoms with Crippen LogP contribution in [-0.2, 0) is 0 Å². The number of hydrogen-bond acceptors (Lipinski definition) is 4. The lowest BCUT2D eigenvalue weighted by Crippen LogP contribution is -2.14. The molecule has 0 unspecified atom stereocenters. The summed E-state index contributed by atoms with van der Waals surface area (Å²) >= 11 is 0. The fraction of sp³-hybridized carbons (Fsp3) is 0. The maximum absolute atomic E-state index is 12.0. The van der Waals surface area contributed by atoms with Crippen LogP contribution in [0.3, 0.4) is 0 Å². The number of aromatic hydroxyl groups is 1. The van der Waals surface area contributed by atoms with Gasteiger partial charge in [-0.2, -0.15) is 0 Å². The number of carbonyl (C=O) groups is 1. The Labute approximate surface area is 131 Å². The van der Waals surface area contributed by atoms with Gasteiger partial charge in [-0.1, -0.05) is 42.5 Å². The van der Waals surface area contributed by atoms with Crippen molar-refractivity contribution in [2.24, 2.45) is 0 Å². The number of benzene rings is 2. The summed E-state index contributed by atoms with van der Waals surface area (Å²) in [4.78, 5) is 23.3. The number of amides is 1. The van der Waals surface area contributed by atoms with E-state index in [0.29, 0.717) is 5.69 Å². The lowest BCUT2D eigenvalue weighted by atomic mass is 10.1. The van der Waals surface area contributed by atoms with E-state index in [4.69, 9.17) is 9.52 Å². The molecule has 0 saturated heterocycles. The number of rotatable bonds is 3. The lowest BCUT2D eigenvalue weighted by Gasteiger charge is -2.06. The highest BCUT2D eigenvalue weighted by Crippen LogP contribution is 2.21. The summed E-state index contributed by atoms with van der Waals surface area (Å²) < 4.78 is 4.90. The first kappa shape index (κ1) is 14.6. The molecule has 0 aliphatic carbocycles. The SMILES string of the molecule is O=C(Nc1ccc(-c2ccccc2)cc1)c1cc(=O)c(O)co1.